The van der Waals surface area contributed by atoms with Crippen LogP contribution in [0.4, 0.5) is 5.69 Å². The van der Waals surface area contributed by atoms with Crippen LogP contribution in [-0.4, -0.2) is 26.7 Å². The highest BCUT2D eigenvalue weighted by Gasteiger charge is 2.31. The Morgan fingerprint density at radius 3 is 2.43 bits per heavy atom. The van der Waals surface area contributed by atoms with Crippen molar-refractivity contribution in [1.29, 1.82) is 0 Å². The van der Waals surface area contributed by atoms with E-state index in [-0.39, 0.29) is 0 Å². The zero-order valence-corrected chi connectivity index (χ0v) is 14.4. The van der Waals surface area contributed by atoms with E-state index in [1.807, 2.05) is 0 Å². The molecule has 0 saturated heterocycles. The van der Waals surface area contributed by atoms with Gasteiger partial charge >= 0.3 is 0 Å². The maximum atomic E-state index is 3.55. The van der Waals surface area contributed by atoms with E-state index >= 15 is 0 Å². The normalized spacial score (nSPS) is 26.1. The summed E-state index contributed by atoms with van der Waals surface area (Å²) >= 11 is 0. The number of nitrogens with zero attached hydrogens (tertiary/aromatic N) is 1. The highest BCUT2D eigenvalue weighted by atomic mass is 15.1. The molecular weight excluding hydrogens is 256 g/mol. The van der Waals surface area contributed by atoms with Gasteiger partial charge in [0, 0.05) is 25.3 Å². The molecule has 0 aromatic heterocycles. The van der Waals surface area contributed by atoms with Gasteiger partial charge in [-0.1, -0.05) is 31.5 Å². The van der Waals surface area contributed by atoms with E-state index in [9.17, 15) is 0 Å². The second-order valence-corrected chi connectivity index (χ2v) is 7.19. The van der Waals surface area contributed by atoms with Crippen LogP contribution in [0.5, 0.6) is 0 Å². The number of rotatable bonds is 5. The van der Waals surface area contributed by atoms with Crippen molar-refractivity contribution >= 4 is 5.69 Å². The van der Waals surface area contributed by atoms with Crippen molar-refractivity contribution in [3.05, 3.63) is 29.8 Å². The zero-order valence-electron chi connectivity index (χ0n) is 14.4. The predicted molar refractivity (Wildman–Crippen MR) is 93.0 cm³/mol. The van der Waals surface area contributed by atoms with E-state index < -0.39 is 0 Å². The van der Waals surface area contributed by atoms with Crippen LogP contribution >= 0.6 is 0 Å². The molecule has 1 aliphatic rings. The van der Waals surface area contributed by atoms with Crippen molar-refractivity contribution < 1.29 is 0 Å². The van der Waals surface area contributed by atoms with Crippen molar-refractivity contribution in [2.75, 3.05) is 25.5 Å². The lowest BCUT2D eigenvalue weighted by Crippen LogP contribution is -2.44. The topological polar surface area (TPSA) is 15.3 Å². The summed E-state index contributed by atoms with van der Waals surface area (Å²) in [6.45, 7) is 8.06. The van der Waals surface area contributed by atoms with Gasteiger partial charge in [0.25, 0.3) is 0 Å². The first-order valence-corrected chi connectivity index (χ1v) is 8.46. The molecule has 1 fully saturated rings. The second-order valence-electron chi connectivity index (χ2n) is 7.19. The Kier molecular flexibility index (Phi) is 5.69. The highest BCUT2D eigenvalue weighted by molar-refractivity contribution is 5.46. The second kappa shape index (κ2) is 7.31. The monoisotopic (exact) mass is 288 g/mol. The van der Waals surface area contributed by atoms with E-state index in [1.165, 1.54) is 30.5 Å². The van der Waals surface area contributed by atoms with E-state index in [0.29, 0.717) is 6.04 Å². The molecule has 1 saturated carbocycles. The van der Waals surface area contributed by atoms with Crippen molar-refractivity contribution in [2.24, 2.45) is 17.8 Å². The number of aryl methyl sites for hydroxylation is 1. The van der Waals surface area contributed by atoms with Gasteiger partial charge in [-0.3, -0.25) is 0 Å². The van der Waals surface area contributed by atoms with E-state index in [1.54, 1.807) is 0 Å². The molecule has 0 spiro atoms. The minimum Gasteiger partial charge on any atom is -0.374 e. The molecule has 3 unspecified atom stereocenters. The first-order valence-electron chi connectivity index (χ1n) is 8.46. The Bertz CT molecular complexity index is 424. The van der Waals surface area contributed by atoms with Gasteiger partial charge in [0.1, 0.15) is 0 Å². The van der Waals surface area contributed by atoms with Gasteiger partial charge in [0.05, 0.1) is 0 Å². The molecule has 2 nitrogen and oxygen atoms in total. The summed E-state index contributed by atoms with van der Waals surface area (Å²) in [6, 6.07) is 9.57. The Hall–Kier alpha value is -1.02. The van der Waals surface area contributed by atoms with Crippen LogP contribution < -0.4 is 10.2 Å². The molecule has 1 aromatic carbocycles. The number of benzene rings is 1. The summed E-state index contributed by atoms with van der Waals surface area (Å²) in [5.41, 5.74) is 2.67. The average Bonchev–Trinajstić information content (AvgIpc) is 2.47. The van der Waals surface area contributed by atoms with Gasteiger partial charge in [-0.2, -0.15) is 0 Å². The van der Waals surface area contributed by atoms with Crippen LogP contribution in [-0.2, 0) is 0 Å². The third-order valence-corrected chi connectivity index (χ3v) is 5.32. The lowest BCUT2D eigenvalue weighted by Gasteiger charge is -2.40. The van der Waals surface area contributed by atoms with Gasteiger partial charge < -0.3 is 10.2 Å². The van der Waals surface area contributed by atoms with Crippen molar-refractivity contribution in [2.45, 2.75) is 46.1 Å². The lowest BCUT2D eigenvalue weighted by atomic mass is 9.73. The van der Waals surface area contributed by atoms with E-state index in [2.05, 4.69) is 69.3 Å². The molecule has 1 N–H and O–H groups in total. The van der Waals surface area contributed by atoms with Crippen LogP contribution in [0, 0.1) is 24.7 Å². The fourth-order valence-electron chi connectivity index (χ4n) is 3.74. The summed E-state index contributed by atoms with van der Waals surface area (Å²) in [4.78, 5) is 2.43. The molecule has 2 rings (SSSR count). The molecule has 0 bridgehead atoms. The van der Waals surface area contributed by atoms with Crippen molar-refractivity contribution in [3.8, 4) is 0 Å². The minimum atomic E-state index is 0.674. The summed E-state index contributed by atoms with van der Waals surface area (Å²) < 4.78 is 0. The number of anilines is 1. The molecule has 3 atom stereocenters. The Labute approximate surface area is 130 Å². The van der Waals surface area contributed by atoms with Gasteiger partial charge in [0.2, 0.25) is 0 Å². The van der Waals surface area contributed by atoms with Crippen LogP contribution in [0.3, 0.4) is 0 Å². The molecule has 1 aromatic rings. The smallest absolute Gasteiger partial charge is 0.0363 e. The molecule has 0 aliphatic heterocycles. The molecular formula is C19H32N2. The summed E-state index contributed by atoms with van der Waals surface area (Å²) in [7, 11) is 4.36. The third-order valence-electron chi connectivity index (χ3n) is 5.32. The van der Waals surface area contributed by atoms with Crippen LogP contribution in [0.1, 0.15) is 38.7 Å². The number of nitrogens with one attached hydrogen (secondary N) is 1. The molecule has 0 amide bonds. The Morgan fingerprint density at radius 1 is 1.19 bits per heavy atom. The quantitative estimate of drug-likeness (QED) is 0.878. The van der Waals surface area contributed by atoms with Crippen molar-refractivity contribution in [1.82, 2.24) is 5.32 Å². The molecule has 2 heteroatoms. The SMILES string of the molecule is CNC1CCC(C(C)C)CC1CN(C)c1ccc(C)cc1. The molecule has 1 aliphatic carbocycles. The zero-order chi connectivity index (χ0) is 15.4. The largest absolute Gasteiger partial charge is 0.374 e. The average molecular weight is 288 g/mol. The summed E-state index contributed by atoms with van der Waals surface area (Å²) in [5.74, 6) is 2.46. The van der Waals surface area contributed by atoms with Crippen molar-refractivity contribution in [3.63, 3.8) is 0 Å². The Morgan fingerprint density at radius 2 is 1.86 bits per heavy atom. The molecule has 118 valence electrons. The van der Waals surface area contributed by atoms with E-state index in [0.717, 1.165) is 24.3 Å². The maximum Gasteiger partial charge on any atom is 0.0363 e. The summed E-state index contributed by atoms with van der Waals surface area (Å²) in [6.07, 6.45) is 4.07. The fraction of sp³-hybridized carbons (Fsp3) is 0.684. The van der Waals surface area contributed by atoms with E-state index in [4.69, 9.17) is 0 Å². The summed E-state index contributed by atoms with van der Waals surface area (Å²) in [5, 5.41) is 3.55. The first kappa shape index (κ1) is 16.4. The van der Waals surface area contributed by atoms with Crippen LogP contribution in [0.25, 0.3) is 0 Å². The first-order chi connectivity index (χ1) is 10.0. The fourth-order valence-corrected chi connectivity index (χ4v) is 3.74. The highest BCUT2D eigenvalue weighted by Crippen LogP contribution is 2.34. The number of hydrogen-bond acceptors (Lipinski definition) is 2. The number of hydrogen-bond donors (Lipinski definition) is 1. The van der Waals surface area contributed by atoms with Gasteiger partial charge in [0.15, 0.2) is 0 Å². The molecule has 0 heterocycles. The molecule has 21 heavy (non-hydrogen) atoms. The predicted octanol–water partition coefficient (Wildman–Crippen LogP) is 4.09. The molecule has 0 radical (unpaired) electrons. The standard InChI is InChI=1S/C19H32N2/c1-14(2)16-8-11-19(20-4)17(12-16)13-21(5)18-9-6-15(3)7-10-18/h6-7,9-10,14,16-17,19-20H,8,11-13H2,1-5H3. The van der Waals surface area contributed by atoms with Gasteiger partial charge in [-0.25, -0.2) is 0 Å². The van der Waals surface area contributed by atoms with Gasteiger partial charge in [-0.15, -0.1) is 0 Å². The maximum absolute atomic E-state index is 3.55. The van der Waals surface area contributed by atoms with Crippen LogP contribution in [0.2, 0.25) is 0 Å². The van der Waals surface area contributed by atoms with Crippen LogP contribution in [0.15, 0.2) is 24.3 Å². The minimum absolute atomic E-state index is 0.674. The third kappa shape index (κ3) is 4.23. The lowest BCUT2D eigenvalue weighted by molar-refractivity contribution is 0.177. The Balaban J connectivity index is 2.02. The van der Waals surface area contributed by atoms with Gasteiger partial charge in [-0.05, 0) is 63.1 Å².